The van der Waals surface area contributed by atoms with Gasteiger partial charge < -0.3 is 15.0 Å². The van der Waals surface area contributed by atoms with E-state index < -0.39 is 0 Å². The lowest BCUT2D eigenvalue weighted by atomic mass is 10.2. The van der Waals surface area contributed by atoms with Crippen LogP contribution >= 0.6 is 15.9 Å². The van der Waals surface area contributed by atoms with Crippen LogP contribution in [-0.4, -0.2) is 20.6 Å². The van der Waals surface area contributed by atoms with E-state index in [-0.39, 0.29) is 12.5 Å². The first-order chi connectivity index (χ1) is 8.61. The molecule has 1 amide bonds. The monoisotopic (exact) mass is 309 g/mol. The molecule has 0 aliphatic heterocycles. The van der Waals surface area contributed by atoms with Crippen LogP contribution in [0.5, 0.6) is 0 Å². The van der Waals surface area contributed by atoms with Crippen LogP contribution in [0.15, 0.2) is 35.2 Å². The Bertz CT molecular complexity index is 580. The number of anilines is 1. The van der Waals surface area contributed by atoms with Crippen LogP contribution in [-0.2, 0) is 13.7 Å². The molecule has 2 heterocycles. The molecule has 0 spiro atoms. The number of amides is 1. The molecule has 2 aromatic rings. The Kier molecular flexibility index (Phi) is 3.78. The molecule has 0 atom stereocenters. The zero-order valence-corrected chi connectivity index (χ0v) is 11.3. The quantitative estimate of drug-likeness (QED) is 0.910. The van der Waals surface area contributed by atoms with Crippen molar-refractivity contribution in [3.8, 4) is 0 Å². The standard InChI is InChI=1S/C12H12BrN3O2/c1-16-6-9(13)4-11(16)12(18)15-10-5-14-3-2-8(10)7-17/h2-6,17H,7H2,1H3,(H,15,18). The molecule has 0 bridgehead atoms. The second-order valence-corrected chi connectivity index (χ2v) is 4.72. The van der Waals surface area contributed by atoms with Crippen LogP contribution in [0.4, 0.5) is 5.69 Å². The average molecular weight is 310 g/mol. The molecule has 6 heteroatoms. The van der Waals surface area contributed by atoms with E-state index in [9.17, 15) is 4.79 Å². The van der Waals surface area contributed by atoms with Gasteiger partial charge in [0.05, 0.1) is 18.5 Å². The molecule has 0 aromatic carbocycles. The second kappa shape index (κ2) is 5.32. The van der Waals surface area contributed by atoms with Crippen molar-refractivity contribution in [2.45, 2.75) is 6.61 Å². The summed E-state index contributed by atoms with van der Waals surface area (Å²) in [5.41, 5.74) is 1.67. The zero-order valence-electron chi connectivity index (χ0n) is 9.72. The molecule has 0 saturated heterocycles. The summed E-state index contributed by atoms with van der Waals surface area (Å²) in [6, 6.07) is 3.39. The molecule has 2 rings (SSSR count). The summed E-state index contributed by atoms with van der Waals surface area (Å²) in [5.74, 6) is -0.245. The molecule has 0 unspecified atom stereocenters. The van der Waals surface area contributed by atoms with Gasteiger partial charge in [-0.25, -0.2) is 0 Å². The van der Waals surface area contributed by atoms with Crippen molar-refractivity contribution in [3.05, 3.63) is 46.5 Å². The number of carbonyl (C=O) groups excluding carboxylic acids is 1. The third kappa shape index (κ3) is 2.60. The Balaban J connectivity index is 2.24. The molecule has 18 heavy (non-hydrogen) atoms. The van der Waals surface area contributed by atoms with Crippen molar-refractivity contribution in [3.63, 3.8) is 0 Å². The summed E-state index contributed by atoms with van der Waals surface area (Å²) >= 11 is 3.31. The van der Waals surface area contributed by atoms with Gasteiger partial charge in [0.15, 0.2) is 0 Å². The number of aryl methyl sites for hydroxylation is 1. The first-order valence-corrected chi connectivity index (χ1v) is 6.08. The number of rotatable bonds is 3. The number of carbonyl (C=O) groups is 1. The maximum absolute atomic E-state index is 12.1. The van der Waals surface area contributed by atoms with Gasteiger partial charge >= 0.3 is 0 Å². The molecule has 2 aromatic heterocycles. The van der Waals surface area contributed by atoms with Crippen molar-refractivity contribution in [1.82, 2.24) is 9.55 Å². The third-order valence-electron chi connectivity index (χ3n) is 2.53. The SMILES string of the molecule is Cn1cc(Br)cc1C(=O)Nc1cnccc1CO. The van der Waals surface area contributed by atoms with E-state index in [1.165, 1.54) is 6.20 Å². The highest BCUT2D eigenvalue weighted by atomic mass is 79.9. The Labute approximate surface area is 113 Å². The van der Waals surface area contributed by atoms with E-state index in [0.717, 1.165) is 4.47 Å². The van der Waals surface area contributed by atoms with Crippen LogP contribution < -0.4 is 5.32 Å². The topological polar surface area (TPSA) is 67.2 Å². The minimum atomic E-state index is -0.245. The van der Waals surface area contributed by atoms with Gasteiger partial charge in [-0.3, -0.25) is 9.78 Å². The van der Waals surface area contributed by atoms with Gasteiger partial charge in [-0.2, -0.15) is 0 Å². The van der Waals surface area contributed by atoms with Crippen LogP contribution in [0.3, 0.4) is 0 Å². The number of nitrogens with one attached hydrogen (secondary N) is 1. The number of hydrogen-bond acceptors (Lipinski definition) is 3. The van der Waals surface area contributed by atoms with Gasteiger partial charge in [0.2, 0.25) is 0 Å². The number of aliphatic hydroxyl groups excluding tert-OH is 1. The van der Waals surface area contributed by atoms with E-state index in [1.54, 1.807) is 36.1 Å². The summed E-state index contributed by atoms with van der Waals surface area (Å²) in [5, 5.41) is 11.9. The summed E-state index contributed by atoms with van der Waals surface area (Å²) in [7, 11) is 1.79. The van der Waals surface area contributed by atoms with Gasteiger partial charge in [0.1, 0.15) is 5.69 Å². The predicted molar refractivity (Wildman–Crippen MR) is 71.2 cm³/mol. The highest BCUT2D eigenvalue weighted by Crippen LogP contribution is 2.17. The molecule has 94 valence electrons. The zero-order chi connectivity index (χ0) is 13.1. The van der Waals surface area contributed by atoms with Crippen molar-refractivity contribution < 1.29 is 9.90 Å². The van der Waals surface area contributed by atoms with Crippen molar-refractivity contribution in [1.29, 1.82) is 0 Å². The van der Waals surface area contributed by atoms with Gasteiger partial charge in [-0.15, -0.1) is 0 Å². The molecule has 0 aliphatic carbocycles. The summed E-state index contributed by atoms with van der Waals surface area (Å²) in [6.45, 7) is -0.144. The summed E-state index contributed by atoms with van der Waals surface area (Å²) in [4.78, 5) is 16.0. The molecular weight excluding hydrogens is 298 g/mol. The molecule has 0 radical (unpaired) electrons. The molecule has 0 fully saturated rings. The van der Waals surface area contributed by atoms with E-state index in [1.807, 2.05) is 0 Å². The normalized spacial score (nSPS) is 10.4. The highest BCUT2D eigenvalue weighted by molar-refractivity contribution is 9.10. The molecule has 0 saturated carbocycles. The average Bonchev–Trinajstić information content (AvgIpc) is 2.69. The second-order valence-electron chi connectivity index (χ2n) is 3.80. The fourth-order valence-electron chi connectivity index (χ4n) is 1.61. The largest absolute Gasteiger partial charge is 0.392 e. The van der Waals surface area contributed by atoms with E-state index in [0.29, 0.717) is 16.9 Å². The lowest BCUT2D eigenvalue weighted by Crippen LogP contribution is -2.16. The van der Waals surface area contributed by atoms with Crippen molar-refractivity contribution in [2.75, 3.05) is 5.32 Å². The van der Waals surface area contributed by atoms with Gasteiger partial charge in [0, 0.05) is 29.5 Å². The third-order valence-corrected chi connectivity index (χ3v) is 2.97. The minimum Gasteiger partial charge on any atom is -0.392 e. The first-order valence-electron chi connectivity index (χ1n) is 5.29. The van der Waals surface area contributed by atoms with Crippen molar-refractivity contribution >= 4 is 27.5 Å². The Morgan fingerprint density at radius 2 is 2.39 bits per heavy atom. The van der Waals surface area contributed by atoms with Gasteiger partial charge in [-0.1, -0.05) is 0 Å². The lowest BCUT2D eigenvalue weighted by Gasteiger charge is -2.08. The van der Waals surface area contributed by atoms with Gasteiger partial charge in [0.25, 0.3) is 5.91 Å². The van der Waals surface area contributed by atoms with E-state index in [2.05, 4.69) is 26.2 Å². The van der Waals surface area contributed by atoms with Crippen LogP contribution in [0.1, 0.15) is 16.1 Å². The number of nitrogens with zero attached hydrogens (tertiary/aromatic N) is 2. The predicted octanol–water partition coefficient (Wildman–Crippen LogP) is 1.93. The van der Waals surface area contributed by atoms with Crippen LogP contribution in [0.25, 0.3) is 0 Å². The Morgan fingerprint density at radius 1 is 1.61 bits per heavy atom. The lowest BCUT2D eigenvalue weighted by molar-refractivity contribution is 0.101. The van der Waals surface area contributed by atoms with E-state index in [4.69, 9.17) is 5.11 Å². The number of hydrogen-bond donors (Lipinski definition) is 2. The molecular formula is C12H12BrN3O2. The molecule has 2 N–H and O–H groups in total. The maximum Gasteiger partial charge on any atom is 0.272 e. The Morgan fingerprint density at radius 3 is 3.00 bits per heavy atom. The molecule has 5 nitrogen and oxygen atoms in total. The number of aliphatic hydroxyl groups is 1. The van der Waals surface area contributed by atoms with E-state index >= 15 is 0 Å². The van der Waals surface area contributed by atoms with Gasteiger partial charge in [-0.05, 0) is 28.1 Å². The number of aromatic nitrogens is 2. The van der Waals surface area contributed by atoms with Crippen LogP contribution in [0, 0.1) is 0 Å². The smallest absolute Gasteiger partial charge is 0.272 e. The maximum atomic E-state index is 12.1. The Hall–Kier alpha value is -1.66. The summed E-state index contributed by atoms with van der Waals surface area (Å²) < 4.78 is 2.55. The minimum absolute atomic E-state index is 0.144. The highest BCUT2D eigenvalue weighted by Gasteiger charge is 2.12. The fraction of sp³-hybridized carbons (Fsp3) is 0.167. The molecule has 0 aliphatic rings. The van der Waals surface area contributed by atoms with Crippen LogP contribution in [0.2, 0.25) is 0 Å². The first kappa shape index (κ1) is 12.8. The number of halogens is 1. The number of pyridine rings is 1. The summed E-state index contributed by atoms with van der Waals surface area (Å²) in [6.07, 6.45) is 4.88. The fourth-order valence-corrected chi connectivity index (χ4v) is 2.13. The van der Waals surface area contributed by atoms with Crippen molar-refractivity contribution in [2.24, 2.45) is 7.05 Å².